The summed E-state index contributed by atoms with van der Waals surface area (Å²) < 4.78 is 10.5. The lowest BCUT2D eigenvalue weighted by atomic mass is 9.63. The molecule has 7 nitrogen and oxygen atoms in total. The molecule has 1 saturated carbocycles. The smallest absolute Gasteiger partial charge is 0.200 e. The van der Waals surface area contributed by atoms with Gasteiger partial charge in [-0.15, -0.1) is 0 Å². The van der Waals surface area contributed by atoms with Crippen LogP contribution in [0, 0.1) is 0 Å². The number of aromatic hydroxyl groups is 3. The van der Waals surface area contributed by atoms with E-state index >= 15 is 0 Å². The van der Waals surface area contributed by atoms with Crippen LogP contribution < -0.4 is 9.47 Å². The number of aryl methyl sites for hydroxylation is 1. The summed E-state index contributed by atoms with van der Waals surface area (Å²) >= 11 is 0. The molecular weight excluding hydrogens is 520 g/mol. The largest absolute Gasteiger partial charge is 0.504 e. The minimum atomic E-state index is -0.875. The molecule has 4 rings (SSSR count). The molecule has 0 amide bonds. The van der Waals surface area contributed by atoms with Crippen LogP contribution in [0.5, 0.6) is 28.7 Å². The number of phenols is 3. The van der Waals surface area contributed by atoms with Gasteiger partial charge >= 0.3 is 0 Å². The Morgan fingerprint density at radius 2 is 1.59 bits per heavy atom. The van der Waals surface area contributed by atoms with Crippen molar-refractivity contribution in [1.29, 1.82) is 0 Å². The molecule has 0 saturated heterocycles. The van der Waals surface area contributed by atoms with Crippen LogP contribution in [-0.4, -0.2) is 46.5 Å². The van der Waals surface area contributed by atoms with Crippen LogP contribution in [0.3, 0.4) is 0 Å². The van der Waals surface area contributed by atoms with Crippen LogP contribution in [-0.2, 0) is 16.6 Å². The molecular formula is C34H42O7. The second kappa shape index (κ2) is 13.8. The van der Waals surface area contributed by atoms with Crippen molar-refractivity contribution >= 4 is 5.78 Å². The number of benzene rings is 3. The van der Waals surface area contributed by atoms with Crippen LogP contribution >= 0.6 is 0 Å². The van der Waals surface area contributed by atoms with E-state index in [1.807, 2.05) is 6.07 Å². The quantitative estimate of drug-likeness (QED) is 0.175. The number of hydrogen-bond donors (Lipinski definition) is 4. The fraction of sp³-hybridized carbons (Fsp3) is 0.441. The number of ketones is 1. The van der Waals surface area contributed by atoms with Gasteiger partial charge < -0.3 is 29.9 Å². The van der Waals surface area contributed by atoms with Gasteiger partial charge in [0.1, 0.15) is 5.78 Å². The van der Waals surface area contributed by atoms with E-state index in [-0.39, 0.29) is 53.0 Å². The Kier molecular flexibility index (Phi) is 10.2. The van der Waals surface area contributed by atoms with Crippen LogP contribution in [0.4, 0.5) is 0 Å². The van der Waals surface area contributed by atoms with Crippen LogP contribution in [0.15, 0.2) is 60.7 Å². The van der Waals surface area contributed by atoms with Gasteiger partial charge in [0.05, 0.1) is 20.3 Å². The molecule has 1 aliphatic carbocycles. The van der Waals surface area contributed by atoms with E-state index in [4.69, 9.17) is 9.47 Å². The second-order valence-corrected chi connectivity index (χ2v) is 11.3. The van der Waals surface area contributed by atoms with Gasteiger partial charge in [-0.1, -0.05) is 55.7 Å². The van der Waals surface area contributed by atoms with E-state index in [0.29, 0.717) is 18.6 Å². The van der Waals surface area contributed by atoms with E-state index in [0.717, 1.165) is 43.2 Å². The van der Waals surface area contributed by atoms with Gasteiger partial charge in [0.25, 0.3) is 0 Å². The predicted molar refractivity (Wildman–Crippen MR) is 158 cm³/mol. The third-order valence-corrected chi connectivity index (χ3v) is 8.56. The lowest BCUT2D eigenvalue weighted by Gasteiger charge is -2.41. The Morgan fingerprint density at radius 3 is 2.27 bits per heavy atom. The summed E-state index contributed by atoms with van der Waals surface area (Å²) in [7, 11) is 2.92. The van der Waals surface area contributed by atoms with Crippen molar-refractivity contribution < 1.29 is 34.7 Å². The van der Waals surface area contributed by atoms with Crippen molar-refractivity contribution in [1.82, 2.24) is 0 Å². The first-order valence-corrected chi connectivity index (χ1v) is 14.5. The zero-order chi connectivity index (χ0) is 29.4. The van der Waals surface area contributed by atoms with Gasteiger partial charge in [0.15, 0.2) is 23.0 Å². The van der Waals surface area contributed by atoms with Crippen molar-refractivity contribution in [2.45, 2.75) is 81.6 Å². The number of carbonyl (C=O) groups excluding carboxylic acids is 1. The van der Waals surface area contributed by atoms with E-state index in [1.54, 1.807) is 30.3 Å². The highest BCUT2D eigenvalue weighted by atomic mass is 16.5. The van der Waals surface area contributed by atoms with E-state index < -0.39 is 6.10 Å². The molecule has 41 heavy (non-hydrogen) atoms. The summed E-state index contributed by atoms with van der Waals surface area (Å²) in [6.45, 7) is 0. The summed E-state index contributed by atoms with van der Waals surface area (Å²) in [6, 6.07) is 18.8. The summed E-state index contributed by atoms with van der Waals surface area (Å²) in [5, 5.41) is 41.8. The number of hydrogen-bond acceptors (Lipinski definition) is 7. The summed E-state index contributed by atoms with van der Waals surface area (Å²) in [5.41, 5.74) is 2.82. The highest BCUT2D eigenvalue weighted by molar-refractivity contribution is 5.79. The van der Waals surface area contributed by atoms with E-state index in [2.05, 4.69) is 24.3 Å². The predicted octanol–water partition coefficient (Wildman–Crippen LogP) is 6.54. The molecule has 0 heterocycles. The number of phenolic OH excluding ortho intramolecular Hbond substituents is 3. The first-order chi connectivity index (χ1) is 19.7. The van der Waals surface area contributed by atoms with Crippen LogP contribution in [0.25, 0.3) is 0 Å². The Labute approximate surface area is 242 Å². The maximum absolute atomic E-state index is 12.9. The molecule has 0 aliphatic heterocycles. The Hall–Kier alpha value is -3.71. The standard InChI is InChI=1S/C34H42O7/c1-40-31-17-23(12-14-29(31)37)11-13-27(35)21-28(36)18-25(24-19-30(38)33(39)32(20-24)41-2)22-34(15-7-4-8-16-34)26-9-5-3-6-10-26/h3,5-6,9-10,12,14,17,19-20,25,28,36-39H,4,7-8,11,13,15-16,18,21-22H2,1-2H3/t25-,28-/m1/s1. The summed E-state index contributed by atoms with van der Waals surface area (Å²) in [6.07, 6.45) is 6.44. The maximum atomic E-state index is 12.9. The average molecular weight is 563 g/mol. The minimum absolute atomic E-state index is 0.0191. The average Bonchev–Trinajstić information content (AvgIpc) is 2.98. The molecule has 0 radical (unpaired) electrons. The highest BCUT2D eigenvalue weighted by Crippen LogP contribution is 2.49. The highest BCUT2D eigenvalue weighted by Gasteiger charge is 2.37. The molecule has 3 aromatic rings. The number of rotatable bonds is 13. The Bertz CT molecular complexity index is 1300. The van der Waals surface area contributed by atoms with Crippen LogP contribution in [0.2, 0.25) is 0 Å². The van der Waals surface area contributed by atoms with Crippen molar-refractivity contribution in [3.63, 3.8) is 0 Å². The third kappa shape index (κ3) is 7.53. The molecule has 220 valence electrons. The number of Topliss-reactive ketones (excluding diaryl/α,β-unsaturated/α-hetero) is 1. The van der Waals surface area contributed by atoms with Crippen molar-refractivity contribution in [2.75, 3.05) is 14.2 Å². The molecule has 0 aromatic heterocycles. The molecule has 2 atom stereocenters. The monoisotopic (exact) mass is 562 g/mol. The molecule has 7 heteroatoms. The fourth-order valence-electron chi connectivity index (χ4n) is 6.38. The molecule has 3 aromatic carbocycles. The number of ether oxygens (including phenoxy) is 2. The Morgan fingerprint density at radius 1 is 0.878 bits per heavy atom. The number of aliphatic hydroxyl groups excluding tert-OH is 1. The second-order valence-electron chi connectivity index (χ2n) is 11.3. The zero-order valence-corrected chi connectivity index (χ0v) is 24.0. The third-order valence-electron chi connectivity index (χ3n) is 8.56. The van der Waals surface area contributed by atoms with E-state index in [9.17, 15) is 25.2 Å². The van der Waals surface area contributed by atoms with Gasteiger partial charge in [0, 0.05) is 12.8 Å². The van der Waals surface area contributed by atoms with Gasteiger partial charge in [0.2, 0.25) is 5.75 Å². The van der Waals surface area contributed by atoms with Gasteiger partial charge in [-0.05, 0) is 84.4 Å². The maximum Gasteiger partial charge on any atom is 0.200 e. The van der Waals surface area contributed by atoms with Crippen molar-refractivity contribution in [3.05, 3.63) is 77.4 Å². The normalized spacial score (nSPS) is 16.1. The first-order valence-electron chi connectivity index (χ1n) is 14.5. The fourth-order valence-corrected chi connectivity index (χ4v) is 6.38. The van der Waals surface area contributed by atoms with Crippen LogP contribution in [0.1, 0.15) is 80.4 Å². The molecule has 0 bridgehead atoms. The van der Waals surface area contributed by atoms with Gasteiger partial charge in [-0.2, -0.15) is 0 Å². The van der Waals surface area contributed by atoms with Crippen molar-refractivity contribution in [3.8, 4) is 28.7 Å². The number of carbonyl (C=O) groups is 1. The minimum Gasteiger partial charge on any atom is -0.504 e. The number of methoxy groups -OCH3 is 2. The first kappa shape index (κ1) is 30.3. The summed E-state index contributed by atoms with van der Waals surface area (Å²) in [5.74, 6) is -0.226. The number of aliphatic hydroxyl groups is 1. The molecule has 1 fully saturated rings. The molecule has 0 unspecified atom stereocenters. The zero-order valence-electron chi connectivity index (χ0n) is 24.0. The molecule has 4 N–H and O–H groups in total. The summed E-state index contributed by atoms with van der Waals surface area (Å²) in [4.78, 5) is 12.9. The lowest BCUT2D eigenvalue weighted by Crippen LogP contribution is -2.32. The SMILES string of the molecule is COc1cc(CCC(=O)C[C@H](O)C[C@H](CC2(c3ccccc3)CCCCC2)c2cc(O)c(O)c(OC)c2)ccc1O. The lowest BCUT2D eigenvalue weighted by molar-refractivity contribution is -0.121. The van der Waals surface area contributed by atoms with Gasteiger partial charge in [-0.25, -0.2) is 0 Å². The van der Waals surface area contributed by atoms with Crippen molar-refractivity contribution in [2.24, 2.45) is 0 Å². The molecule has 0 spiro atoms. The Balaban J connectivity index is 1.54. The molecule has 1 aliphatic rings. The topological polar surface area (TPSA) is 116 Å². The van der Waals surface area contributed by atoms with E-state index in [1.165, 1.54) is 26.2 Å². The van der Waals surface area contributed by atoms with Gasteiger partial charge in [-0.3, -0.25) is 4.79 Å².